The molecule has 1 saturated carbocycles. The van der Waals surface area contributed by atoms with E-state index < -0.39 is 81.2 Å². The molecule has 0 radical (unpaired) electrons. The monoisotopic (exact) mass is 886 g/mol. The van der Waals surface area contributed by atoms with Crippen molar-refractivity contribution >= 4 is 69.9 Å². The van der Waals surface area contributed by atoms with Gasteiger partial charge in [-0.05, 0) is 78.4 Å². The van der Waals surface area contributed by atoms with Gasteiger partial charge in [0, 0.05) is 33.8 Å². The van der Waals surface area contributed by atoms with Crippen molar-refractivity contribution in [2.24, 2.45) is 23.7 Å². The molecule has 4 aromatic carbocycles. The average Bonchev–Trinajstić information content (AvgIpc) is 3.62. The highest BCUT2D eigenvalue weighted by Crippen LogP contribution is 2.65. The number of phenolic OH excluding ortho intramolecular Hbond substituents is 1. The van der Waals surface area contributed by atoms with Crippen LogP contribution in [0.4, 0.5) is 24.7 Å². The van der Waals surface area contributed by atoms with Crippen LogP contribution in [0.1, 0.15) is 41.0 Å². The first-order valence-corrected chi connectivity index (χ1v) is 20.3. The summed E-state index contributed by atoms with van der Waals surface area (Å²) in [4.78, 5) is 64.1. The number of allylic oxidation sites excluding steroid dienone is 2. The highest BCUT2D eigenvalue weighted by molar-refractivity contribution is 6.33. The molecule has 1 aromatic heterocycles. The number of nitrogens with one attached hydrogen (secondary N) is 1. The van der Waals surface area contributed by atoms with E-state index in [4.69, 9.17) is 39.5 Å². The number of rotatable bonds is 8. The normalized spacial score (nSPS) is 24.6. The quantitative estimate of drug-likeness (QED) is 0.117. The summed E-state index contributed by atoms with van der Waals surface area (Å²) >= 11 is 18.8. The van der Waals surface area contributed by atoms with Crippen molar-refractivity contribution < 1.29 is 42.2 Å². The molecule has 3 heterocycles. The van der Waals surface area contributed by atoms with Crippen molar-refractivity contribution in [3.05, 3.63) is 158 Å². The highest BCUT2D eigenvalue weighted by Gasteiger charge is 2.70. The zero-order valence-corrected chi connectivity index (χ0v) is 33.8. The molecule has 2 aliphatic carbocycles. The predicted molar refractivity (Wildman–Crippen MR) is 220 cm³/mol. The first-order valence-electron chi connectivity index (χ1n) is 19.1. The van der Waals surface area contributed by atoms with Crippen molar-refractivity contribution in [1.82, 2.24) is 9.99 Å². The van der Waals surface area contributed by atoms with Crippen LogP contribution >= 0.6 is 34.8 Å². The maximum absolute atomic E-state index is 15.5. The van der Waals surface area contributed by atoms with Crippen LogP contribution in [0.25, 0.3) is 0 Å². The maximum Gasteiger partial charge on any atom is 0.417 e. The van der Waals surface area contributed by atoms with Crippen LogP contribution in [0.3, 0.4) is 0 Å². The van der Waals surface area contributed by atoms with Gasteiger partial charge in [0.1, 0.15) is 18.1 Å². The Hall–Kier alpha value is -5.89. The number of hydrogen-bond acceptors (Lipinski definition) is 8. The predicted octanol–water partition coefficient (Wildman–Crippen LogP) is 9.53. The van der Waals surface area contributed by atoms with E-state index in [1.807, 2.05) is 36.4 Å². The second kappa shape index (κ2) is 15.2. The van der Waals surface area contributed by atoms with Crippen LogP contribution in [-0.4, -0.2) is 38.7 Å². The van der Waals surface area contributed by atoms with E-state index in [-0.39, 0.29) is 30.8 Å². The lowest BCUT2D eigenvalue weighted by atomic mass is 9.49. The van der Waals surface area contributed by atoms with Crippen molar-refractivity contribution in [3.63, 3.8) is 0 Å². The van der Waals surface area contributed by atoms with Gasteiger partial charge in [-0.25, -0.2) is 4.98 Å². The molecular formula is C45H32Cl3F3N4O6. The van der Waals surface area contributed by atoms with Gasteiger partial charge in [0.05, 0.1) is 39.4 Å². The van der Waals surface area contributed by atoms with Gasteiger partial charge in [-0.2, -0.15) is 18.2 Å². The van der Waals surface area contributed by atoms with Crippen LogP contribution < -0.4 is 15.1 Å². The molecule has 6 atom stereocenters. The summed E-state index contributed by atoms with van der Waals surface area (Å²) in [6.45, 7) is 0.185. The number of fused-ring (bicyclic) bond motifs is 4. The Morgan fingerprint density at radius 3 is 2.18 bits per heavy atom. The Labute approximate surface area is 361 Å². The van der Waals surface area contributed by atoms with E-state index in [0.717, 1.165) is 10.5 Å². The number of imide groups is 2. The summed E-state index contributed by atoms with van der Waals surface area (Å²) in [5, 5.41) is 12.9. The number of benzene rings is 4. The largest absolute Gasteiger partial charge is 0.508 e. The molecule has 4 amide bonds. The third-order valence-electron chi connectivity index (χ3n) is 12.2. The molecule has 4 aliphatic rings. The van der Waals surface area contributed by atoms with Crippen molar-refractivity contribution in [1.29, 1.82) is 0 Å². The fourth-order valence-electron chi connectivity index (χ4n) is 9.57. The number of alkyl halides is 3. The molecule has 5 aromatic rings. The lowest BCUT2D eigenvalue weighted by Crippen LogP contribution is -2.53. The van der Waals surface area contributed by atoms with E-state index in [2.05, 4.69) is 10.4 Å². The zero-order chi connectivity index (χ0) is 43.0. The number of phenols is 1. The first-order chi connectivity index (χ1) is 29.2. The second-order valence-electron chi connectivity index (χ2n) is 15.4. The number of carbonyl (C=O) groups excluding carboxylic acids is 4. The summed E-state index contributed by atoms with van der Waals surface area (Å²) < 4.78 is 46.7. The van der Waals surface area contributed by atoms with Crippen molar-refractivity contribution in [3.8, 4) is 11.5 Å². The second-order valence-corrected chi connectivity index (χ2v) is 16.7. The summed E-state index contributed by atoms with van der Waals surface area (Å²) in [5.41, 5.74) is 1.92. The minimum atomic E-state index is -4.77. The summed E-state index contributed by atoms with van der Waals surface area (Å²) in [6, 6.07) is 27.3. The number of ether oxygens (including phenoxy) is 1. The van der Waals surface area contributed by atoms with Gasteiger partial charge in [-0.3, -0.25) is 29.5 Å². The van der Waals surface area contributed by atoms with E-state index >= 15 is 4.79 Å². The van der Waals surface area contributed by atoms with E-state index in [9.17, 15) is 32.7 Å². The van der Waals surface area contributed by atoms with Gasteiger partial charge in [-0.1, -0.05) is 95.0 Å². The van der Waals surface area contributed by atoms with Gasteiger partial charge < -0.3 is 9.84 Å². The fraction of sp³-hybridized carbons (Fsp3) is 0.222. The number of halogens is 6. The summed E-state index contributed by atoms with van der Waals surface area (Å²) in [5.74, 6) is -7.87. The number of aromatic hydroxyl groups is 1. The average molecular weight is 888 g/mol. The molecule has 2 saturated heterocycles. The summed E-state index contributed by atoms with van der Waals surface area (Å²) in [7, 11) is 0. The van der Waals surface area contributed by atoms with Crippen molar-refractivity contribution in [2.75, 3.05) is 10.3 Å². The van der Waals surface area contributed by atoms with Crippen LogP contribution in [0.15, 0.2) is 121 Å². The number of aromatic nitrogens is 1. The van der Waals surface area contributed by atoms with Crippen LogP contribution in [-0.2, 0) is 37.4 Å². The van der Waals surface area contributed by atoms with Crippen LogP contribution in [0.2, 0.25) is 15.1 Å². The highest BCUT2D eigenvalue weighted by atomic mass is 35.5. The molecule has 3 fully saturated rings. The van der Waals surface area contributed by atoms with E-state index in [1.165, 1.54) is 6.07 Å². The number of hydrogen-bond donors (Lipinski definition) is 2. The SMILES string of the molecule is O=C1[C@@H]2C[C@@H]3C(=CC[C@@H]4C(=O)N(c5ccc(Cl)cc5)C(=O)[C@@H]43)[C@H](c3ccc(OCc4ccccc4)cc3O)[C@]2(c2ccc(Cl)cc2)C(=O)N1Nc1ncc(C(F)(F)F)cc1Cl. The van der Waals surface area contributed by atoms with Gasteiger partial charge in [0.15, 0.2) is 5.82 Å². The molecule has 9 rings (SSSR count). The van der Waals surface area contributed by atoms with Gasteiger partial charge in [0.2, 0.25) is 11.8 Å². The topological polar surface area (TPSA) is 129 Å². The minimum Gasteiger partial charge on any atom is -0.508 e. The van der Waals surface area contributed by atoms with E-state index in [0.29, 0.717) is 49.9 Å². The third-order valence-corrected chi connectivity index (χ3v) is 13.0. The van der Waals surface area contributed by atoms with Crippen LogP contribution in [0, 0.1) is 23.7 Å². The third kappa shape index (κ3) is 6.70. The molecular weight excluding hydrogens is 856 g/mol. The first kappa shape index (κ1) is 40.5. The number of anilines is 2. The smallest absolute Gasteiger partial charge is 0.417 e. The Morgan fingerprint density at radius 1 is 0.836 bits per heavy atom. The van der Waals surface area contributed by atoms with Gasteiger partial charge >= 0.3 is 6.18 Å². The molecule has 2 aliphatic heterocycles. The molecule has 310 valence electrons. The molecule has 10 nitrogen and oxygen atoms in total. The number of nitrogens with zero attached hydrogens (tertiary/aromatic N) is 3. The number of amides is 4. The maximum atomic E-state index is 15.5. The lowest BCUT2D eigenvalue weighted by Gasteiger charge is -2.50. The van der Waals surface area contributed by atoms with Crippen LogP contribution in [0.5, 0.6) is 11.5 Å². The fourth-order valence-corrected chi connectivity index (χ4v) is 10.0. The Morgan fingerprint density at radius 2 is 1.52 bits per heavy atom. The minimum absolute atomic E-state index is 0.102. The Balaban J connectivity index is 1.20. The molecule has 16 heteroatoms. The van der Waals surface area contributed by atoms with Gasteiger partial charge in [0.25, 0.3) is 11.8 Å². The Bertz CT molecular complexity index is 2650. The number of pyridine rings is 1. The number of hydrazine groups is 1. The molecule has 0 unspecified atom stereocenters. The standard InChI is InChI=1S/C45H32Cl3F3N4O6/c46-26-8-6-24(7-9-26)44-34(41(58)55(43(44)60)53-39-35(48)18-25(21-52-39)45(49,50)51)20-33-30(16-17-32-37(33)42(59)54(40(32)57)28-12-10-27(47)11-13-28)38(44)31-15-14-29(19-36(31)56)61-22-23-4-2-1-3-5-23/h1-16,18-19,21,32-34,37-38,56H,17,20,22H2,(H,52,53)/t32-,33+,34-,37-,38+,44+/m0/s1. The molecule has 0 bridgehead atoms. The molecule has 0 spiro atoms. The summed E-state index contributed by atoms with van der Waals surface area (Å²) in [6.07, 6.45) is -2.42. The molecule has 61 heavy (non-hydrogen) atoms. The number of carbonyl (C=O) groups is 4. The van der Waals surface area contributed by atoms with Crippen molar-refractivity contribution in [2.45, 2.75) is 37.0 Å². The zero-order valence-electron chi connectivity index (χ0n) is 31.6. The molecule has 2 N–H and O–H groups in total. The Kier molecular flexibility index (Phi) is 10.1. The van der Waals surface area contributed by atoms with Gasteiger partial charge in [-0.15, -0.1) is 0 Å². The lowest BCUT2D eigenvalue weighted by molar-refractivity contribution is -0.139. The van der Waals surface area contributed by atoms with E-state index in [1.54, 1.807) is 60.7 Å².